The van der Waals surface area contributed by atoms with Gasteiger partial charge >= 0.3 is 5.97 Å². The Morgan fingerprint density at radius 3 is 2.67 bits per heavy atom. The number of aliphatic hydroxyl groups excluding tert-OH is 3. The maximum Gasteiger partial charge on any atom is 0.322 e. The van der Waals surface area contributed by atoms with Gasteiger partial charge in [0.2, 0.25) is 5.79 Å². The lowest BCUT2D eigenvalue weighted by Crippen LogP contribution is -2.66. The maximum absolute atomic E-state index is 10.5. The summed E-state index contributed by atoms with van der Waals surface area (Å²) in [5.74, 6) is -3.77. The number of aliphatic hydroxyl groups is 4. The molecule has 0 aliphatic carbocycles. The zero-order chi connectivity index (χ0) is 13.9. The third kappa shape index (κ3) is 2.95. The number of nitrogens with two attached hydrogens (primary N) is 1. The van der Waals surface area contributed by atoms with Gasteiger partial charge in [0.1, 0.15) is 24.4 Å². The molecule has 0 amide bonds. The van der Waals surface area contributed by atoms with Gasteiger partial charge in [-0.05, 0) is 0 Å². The number of carboxylic acids is 1. The fraction of sp³-hybridized carbons (Fsp3) is 0.889. The molecular formula is C9H17NO8. The van der Waals surface area contributed by atoms with Crippen LogP contribution < -0.4 is 5.73 Å². The molecule has 106 valence electrons. The summed E-state index contributed by atoms with van der Waals surface area (Å²) in [6.45, 7) is -1.58. The molecule has 0 saturated carbocycles. The highest BCUT2D eigenvalue weighted by Crippen LogP contribution is 2.27. The van der Waals surface area contributed by atoms with Crippen molar-refractivity contribution < 1.29 is 39.8 Å². The predicted octanol–water partition coefficient (Wildman–Crippen LogP) is -3.78. The second-order valence-electron chi connectivity index (χ2n) is 4.02. The van der Waals surface area contributed by atoms with Crippen LogP contribution in [0.1, 0.15) is 0 Å². The van der Waals surface area contributed by atoms with Gasteiger partial charge in [-0.15, -0.1) is 0 Å². The number of carbonyl (C=O) groups is 1. The number of ether oxygens (including phenoxy) is 2. The van der Waals surface area contributed by atoms with Gasteiger partial charge in [0.05, 0.1) is 19.8 Å². The summed E-state index contributed by atoms with van der Waals surface area (Å²) in [6, 6.07) is -1.42. The van der Waals surface area contributed by atoms with Crippen molar-refractivity contribution in [3.05, 3.63) is 0 Å². The van der Waals surface area contributed by atoms with E-state index in [0.29, 0.717) is 0 Å². The molecular weight excluding hydrogens is 250 g/mol. The number of aliphatic carboxylic acids is 1. The van der Waals surface area contributed by atoms with Crippen molar-refractivity contribution in [1.29, 1.82) is 0 Å². The summed E-state index contributed by atoms with van der Waals surface area (Å²) in [4.78, 5) is 10.5. The molecule has 0 aromatic heterocycles. The van der Waals surface area contributed by atoms with E-state index in [2.05, 4.69) is 0 Å². The maximum atomic E-state index is 10.5. The molecule has 0 spiro atoms. The quantitative estimate of drug-likeness (QED) is 0.274. The van der Waals surface area contributed by atoms with E-state index in [4.69, 9.17) is 25.4 Å². The number of carboxylic acid groups (broad SMARTS) is 1. The molecule has 1 saturated heterocycles. The Bertz CT molecular complexity index is 296. The molecule has 1 heterocycles. The van der Waals surface area contributed by atoms with E-state index in [1.165, 1.54) is 0 Å². The highest BCUT2D eigenvalue weighted by molar-refractivity contribution is 5.73. The lowest BCUT2D eigenvalue weighted by Gasteiger charge is -2.44. The van der Waals surface area contributed by atoms with E-state index < -0.39 is 49.3 Å². The van der Waals surface area contributed by atoms with E-state index in [1.54, 1.807) is 0 Å². The fourth-order valence-electron chi connectivity index (χ4n) is 1.55. The average Bonchev–Trinajstić information content (AvgIpc) is 2.33. The molecule has 1 rings (SSSR count). The average molecular weight is 267 g/mol. The minimum absolute atomic E-state index is 0.289. The van der Waals surface area contributed by atoms with Crippen molar-refractivity contribution in [2.24, 2.45) is 5.73 Å². The molecule has 0 aromatic carbocycles. The van der Waals surface area contributed by atoms with Gasteiger partial charge in [-0.3, -0.25) is 4.79 Å². The largest absolute Gasteiger partial charge is 0.480 e. The Morgan fingerprint density at radius 2 is 2.17 bits per heavy atom. The highest BCUT2D eigenvalue weighted by atomic mass is 16.7. The predicted molar refractivity (Wildman–Crippen MR) is 55.4 cm³/mol. The summed E-state index contributed by atoms with van der Waals surface area (Å²) in [5.41, 5.74) is 5.18. The molecule has 1 fully saturated rings. The third-order valence-corrected chi connectivity index (χ3v) is 2.69. The van der Waals surface area contributed by atoms with Crippen LogP contribution in [-0.2, 0) is 14.3 Å². The van der Waals surface area contributed by atoms with Crippen LogP contribution >= 0.6 is 0 Å². The molecule has 1 unspecified atom stereocenters. The van der Waals surface area contributed by atoms with Crippen LogP contribution in [0.25, 0.3) is 0 Å². The minimum Gasteiger partial charge on any atom is -0.480 e. The van der Waals surface area contributed by atoms with E-state index in [0.717, 1.165) is 0 Å². The van der Waals surface area contributed by atoms with Crippen molar-refractivity contribution >= 4 is 5.97 Å². The van der Waals surface area contributed by atoms with E-state index >= 15 is 0 Å². The number of hydrogen-bond donors (Lipinski definition) is 6. The van der Waals surface area contributed by atoms with Crippen molar-refractivity contribution in [1.82, 2.24) is 0 Å². The first-order valence-electron chi connectivity index (χ1n) is 5.26. The Hall–Kier alpha value is -0.810. The minimum atomic E-state index is -2.42. The Kier molecular flexibility index (Phi) is 4.99. The van der Waals surface area contributed by atoms with Crippen LogP contribution in [0, 0.1) is 0 Å². The van der Waals surface area contributed by atoms with E-state index in [9.17, 15) is 20.1 Å². The van der Waals surface area contributed by atoms with Crippen molar-refractivity contribution in [3.8, 4) is 0 Å². The van der Waals surface area contributed by atoms with Crippen LogP contribution in [-0.4, -0.2) is 81.5 Å². The second-order valence-corrected chi connectivity index (χ2v) is 4.02. The third-order valence-electron chi connectivity index (χ3n) is 2.69. The zero-order valence-corrected chi connectivity index (χ0v) is 9.47. The highest BCUT2D eigenvalue weighted by Gasteiger charge is 2.52. The molecule has 9 nitrogen and oxygen atoms in total. The standard InChI is InChI=1S/C9H17NO8/c10-4(8(14)15)2-18-9(16)6(1-11)17-3-5(12)7(9)13/h4-7,11-13,16H,1-3,10H2,(H,14,15)/t4-,5-,6+,7+,9?/m0/s1. The summed E-state index contributed by atoms with van der Waals surface area (Å²) < 4.78 is 9.73. The lowest BCUT2D eigenvalue weighted by atomic mass is 9.96. The second kappa shape index (κ2) is 5.89. The molecule has 18 heavy (non-hydrogen) atoms. The Labute approximate surface area is 102 Å². The summed E-state index contributed by atoms with van der Waals surface area (Å²) in [6.07, 6.45) is -4.47. The van der Waals surface area contributed by atoms with E-state index in [-0.39, 0.29) is 6.61 Å². The van der Waals surface area contributed by atoms with Crippen LogP contribution in [0.15, 0.2) is 0 Å². The fourth-order valence-corrected chi connectivity index (χ4v) is 1.55. The molecule has 0 bridgehead atoms. The van der Waals surface area contributed by atoms with Gasteiger partial charge in [0.15, 0.2) is 0 Å². The lowest BCUT2D eigenvalue weighted by molar-refractivity contribution is -0.353. The molecule has 9 heteroatoms. The zero-order valence-electron chi connectivity index (χ0n) is 9.47. The molecule has 1 aliphatic rings. The summed E-state index contributed by atoms with van der Waals surface area (Å²) in [7, 11) is 0. The number of hydrogen-bond acceptors (Lipinski definition) is 8. The van der Waals surface area contributed by atoms with E-state index in [1.807, 2.05) is 0 Å². The van der Waals surface area contributed by atoms with Gasteiger partial charge in [-0.1, -0.05) is 0 Å². The summed E-state index contributed by atoms with van der Waals surface area (Å²) in [5, 5.41) is 46.6. The molecule has 1 aliphatic heterocycles. The Morgan fingerprint density at radius 1 is 1.56 bits per heavy atom. The first-order valence-corrected chi connectivity index (χ1v) is 5.26. The molecule has 0 aromatic rings. The van der Waals surface area contributed by atoms with Gasteiger partial charge < -0.3 is 40.7 Å². The first-order chi connectivity index (χ1) is 8.32. The normalized spacial score (nSPS) is 38.4. The molecule has 5 atom stereocenters. The van der Waals surface area contributed by atoms with Gasteiger partial charge in [0, 0.05) is 0 Å². The van der Waals surface area contributed by atoms with Gasteiger partial charge in [-0.25, -0.2) is 0 Å². The van der Waals surface area contributed by atoms with Crippen molar-refractivity contribution in [2.45, 2.75) is 30.1 Å². The van der Waals surface area contributed by atoms with Crippen LogP contribution in [0.5, 0.6) is 0 Å². The monoisotopic (exact) mass is 267 g/mol. The van der Waals surface area contributed by atoms with Crippen LogP contribution in [0.2, 0.25) is 0 Å². The van der Waals surface area contributed by atoms with Gasteiger partial charge in [-0.2, -0.15) is 0 Å². The topological polar surface area (TPSA) is 163 Å². The van der Waals surface area contributed by atoms with Crippen molar-refractivity contribution in [2.75, 3.05) is 19.8 Å². The molecule has 0 radical (unpaired) electrons. The first kappa shape index (κ1) is 15.2. The van der Waals surface area contributed by atoms with Crippen LogP contribution in [0.4, 0.5) is 0 Å². The smallest absolute Gasteiger partial charge is 0.322 e. The van der Waals surface area contributed by atoms with Crippen LogP contribution in [0.3, 0.4) is 0 Å². The molecule has 7 N–H and O–H groups in total. The number of rotatable bonds is 5. The van der Waals surface area contributed by atoms with Crippen molar-refractivity contribution in [3.63, 3.8) is 0 Å². The van der Waals surface area contributed by atoms with Gasteiger partial charge in [0.25, 0.3) is 0 Å². The summed E-state index contributed by atoms with van der Waals surface area (Å²) >= 11 is 0. The Balaban J connectivity index is 2.74. The SMILES string of the molecule is N[C@@H](COC1(O)[C@H](O)[C@@H](O)CO[C@@H]1CO)C(=O)O.